The van der Waals surface area contributed by atoms with Crippen molar-refractivity contribution in [2.45, 2.75) is 18.9 Å². The molecular formula is C13H20N2O2. The zero-order chi connectivity index (χ0) is 12.5. The van der Waals surface area contributed by atoms with E-state index in [0.29, 0.717) is 6.54 Å². The van der Waals surface area contributed by atoms with Crippen molar-refractivity contribution in [2.75, 3.05) is 31.2 Å². The average molecular weight is 236 g/mol. The molecule has 4 nitrogen and oxygen atoms in total. The minimum absolute atomic E-state index is 0.207. The van der Waals surface area contributed by atoms with Crippen LogP contribution < -0.4 is 10.6 Å². The minimum atomic E-state index is -0.924. The van der Waals surface area contributed by atoms with Crippen molar-refractivity contribution >= 4 is 5.69 Å². The van der Waals surface area contributed by atoms with Crippen LogP contribution in [-0.4, -0.2) is 42.1 Å². The predicted molar refractivity (Wildman–Crippen MR) is 68.2 cm³/mol. The smallest absolute Gasteiger partial charge is 0.0800 e. The van der Waals surface area contributed by atoms with Gasteiger partial charge in [0, 0.05) is 18.8 Å². The summed E-state index contributed by atoms with van der Waals surface area (Å²) in [6.45, 7) is 3.05. The van der Waals surface area contributed by atoms with Gasteiger partial charge in [-0.2, -0.15) is 0 Å². The molecule has 0 bridgehead atoms. The molecule has 1 aliphatic rings. The molecule has 0 radical (unpaired) electrons. The lowest BCUT2D eigenvalue weighted by atomic mass is 10.0. The third-order valence-corrected chi connectivity index (χ3v) is 3.36. The van der Waals surface area contributed by atoms with Gasteiger partial charge in [0.25, 0.3) is 0 Å². The van der Waals surface area contributed by atoms with E-state index in [1.54, 1.807) is 0 Å². The maximum Gasteiger partial charge on any atom is 0.0800 e. The van der Waals surface area contributed by atoms with E-state index in [2.05, 4.69) is 30.0 Å². The van der Waals surface area contributed by atoms with E-state index in [9.17, 15) is 10.2 Å². The molecule has 94 valence electrons. The third-order valence-electron chi connectivity index (χ3n) is 3.36. The molecule has 0 saturated carbocycles. The molecule has 17 heavy (non-hydrogen) atoms. The Bertz CT molecular complexity index is 402. The van der Waals surface area contributed by atoms with Gasteiger partial charge in [0.1, 0.15) is 0 Å². The quantitative estimate of drug-likeness (QED) is 0.690. The Morgan fingerprint density at radius 2 is 2.06 bits per heavy atom. The van der Waals surface area contributed by atoms with Crippen LogP contribution in [0.5, 0.6) is 0 Å². The second kappa shape index (κ2) is 4.64. The summed E-state index contributed by atoms with van der Waals surface area (Å²) in [6, 6.07) is 6.35. The summed E-state index contributed by atoms with van der Waals surface area (Å²) < 4.78 is 0. The normalized spacial score (nSPS) is 15.2. The Morgan fingerprint density at radius 1 is 1.35 bits per heavy atom. The van der Waals surface area contributed by atoms with E-state index in [4.69, 9.17) is 5.73 Å². The van der Waals surface area contributed by atoms with Gasteiger partial charge < -0.3 is 20.8 Å². The van der Waals surface area contributed by atoms with Gasteiger partial charge in [0.15, 0.2) is 0 Å². The lowest BCUT2D eigenvalue weighted by Gasteiger charge is -2.31. The minimum Gasteiger partial charge on any atom is -0.394 e. The molecule has 0 aromatic heterocycles. The molecule has 1 heterocycles. The van der Waals surface area contributed by atoms with Gasteiger partial charge in [-0.05, 0) is 25.0 Å². The highest BCUT2D eigenvalue weighted by molar-refractivity contribution is 5.59. The number of nitrogens with two attached hydrogens (primary N) is 1. The van der Waals surface area contributed by atoms with Crippen molar-refractivity contribution in [1.82, 2.24) is 0 Å². The molecule has 0 amide bonds. The van der Waals surface area contributed by atoms with E-state index >= 15 is 0 Å². The van der Waals surface area contributed by atoms with Crippen LogP contribution in [0.3, 0.4) is 0 Å². The summed E-state index contributed by atoms with van der Waals surface area (Å²) in [5.74, 6) is 0. The first kappa shape index (κ1) is 12.4. The molecular weight excluding hydrogens is 216 g/mol. The van der Waals surface area contributed by atoms with Crippen LogP contribution in [-0.2, 0) is 6.42 Å². The summed E-state index contributed by atoms with van der Waals surface area (Å²) in [5, 5.41) is 18.5. The van der Waals surface area contributed by atoms with E-state index in [-0.39, 0.29) is 13.2 Å². The van der Waals surface area contributed by atoms with E-state index < -0.39 is 5.54 Å². The number of benzene rings is 1. The van der Waals surface area contributed by atoms with Gasteiger partial charge in [-0.3, -0.25) is 0 Å². The van der Waals surface area contributed by atoms with E-state index in [0.717, 1.165) is 13.0 Å². The maximum atomic E-state index is 9.23. The van der Waals surface area contributed by atoms with Crippen molar-refractivity contribution in [2.24, 2.45) is 5.73 Å². The van der Waals surface area contributed by atoms with Gasteiger partial charge in [0.05, 0.1) is 18.8 Å². The van der Waals surface area contributed by atoms with Gasteiger partial charge in [-0.25, -0.2) is 0 Å². The predicted octanol–water partition coefficient (Wildman–Crippen LogP) is 0.0396. The molecule has 0 saturated heterocycles. The van der Waals surface area contributed by atoms with Crippen molar-refractivity contribution in [3.05, 3.63) is 29.3 Å². The molecule has 0 fully saturated rings. The van der Waals surface area contributed by atoms with E-state index in [1.807, 2.05) is 0 Å². The van der Waals surface area contributed by atoms with Crippen molar-refractivity contribution in [1.29, 1.82) is 0 Å². The number of anilines is 1. The van der Waals surface area contributed by atoms with Crippen LogP contribution in [0.2, 0.25) is 0 Å². The van der Waals surface area contributed by atoms with Crippen LogP contribution in [0.15, 0.2) is 18.2 Å². The monoisotopic (exact) mass is 236 g/mol. The van der Waals surface area contributed by atoms with Crippen LogP contribution in [0.25, 0.3) is 0 Å². The molecule has 0 aliphatic carbocycles. The summed E-state index contributed by atoms with van der Waals surface area (Å²) in [5.41, 5.74) is 8.75. The van der Waals surface area contributed by atoms with Crippen LogP contribution >= 0.6 is 0 Å². The molecule has 1 aromatic carbocycles. The fourth-order valence-electron chi connectivity index (χ4n) is 2.29. The summed E-state index contributed by atoms with van der Waals surface area (Å²) in [7, 11) is 0. The molecule has 0 atom stereocenters. The molecule has 4 N–H and O–H groups in total. The highest BCUT2D eigenvalue weighted by Gasteiger charge is 2.29. The first-order valence-electron chi connectivity index (χ1n) is 5.93. The fourth-order valence-corrected chi connectivity index (χ4v) is 2.29. The molecule has 1 aromatic rings. The number of hydrogen-bond acceptors (Lipinski definition) is 4. The first-order chi connectivity index (χ1) is 8.08. The Morgan fingerprint density at radius 3 is 2.71 bits per heavy atom. The lowest BCUT2D eigenvalue weighted by molar-refractivity contribution is 0.125. The first-order valence-corrected chi connectivity index (χ1v) is 5.93. The largest absolute Gasteiger partial charge is 0.394 e. The number of aliphatic hydroxyl groups excluding tert-OH is 2. The fraction of sp³-hybridized carbons (Fsp3) is 0.538. The highest BCUT2D eigenvalue weighted by atomic mass is 16.3. The third kappa shape index (κ3) is 2.44. The number of aliphatic hydroxyl groups is 2. The van der Waals surface area contributed by atoms with Gasteiger partial charge >= 0.3 is 0 Å². The summed E-state index contributed by atoms with van der Waals surface area (Å²) in [4.78, 5) is 2.14. The van der Waals surface area contributed by atoms with Gasteiger partial charge in [0.2, 0.25) is 0 Å². The topological polar surface area (TPSA) is 69.7 Å². The summed E-state index contributed by atoms with van der Waals surface area (Å²) >= 11 is 0. The second-order valence-electron chi connectivity index (χ2n) is 4.98. The van der Waals surface area contributed by atoms with Crippen molar-refractivity contribution < 1.29 is 10.2 Å². The van der Waals surface area contributed by atoms with Crippen LogP contribution in [0.1, 0.15) is 11.1 Å². The number of hydrogen-bond donors (Lipinski definition) is 3. The molecule has 1 aliphatic heterocycles. The molecule has 2 rings (SSSR count). The number of aryl methyl sites for hydroxylation is 1. The standard InChI is InChI=1S/C13H20N2O2/c1-10-2-3-12-11(6-10)4-5-15(12)7-13(14,8-16)9-17/h2-3,6,16-17H,4-5,7-9,14H2,1H3. The Labute approximate surface area is 102 Å². The number of fused-ring (bicyclic) bond motifs is 1. The Balaban J connectivity index is 2.17. The van der Waals surface area contributed by atoms with Crippen LogP contribution in [0.4, 0.5) is 5.69 Å². The average Bonchev–Trinajstić information content (AvgIpc) is 2.71. The van der Waals surface area contributed by atoms with E-state index in [1.165, 1.54) is 16.8 Å². The lowest BCUT2D eigenvalue weighted by Crippen LogP contribution is -2.55. The van der Waals surface area contributed by atoms with Crippen molar-refractivity contribution in [3.63, 3.8) is 0 Å². The molecule has 4 heteroatoms. The van der Waals surface area contributed by atoms with Gasteiger partial charge in [-0.1, -0.05) is 17.7 Å². The number of nitrogens with zero attached hydrogens (tertiary/aromatic N) is 1. The zero-order valence-electron chi connectivity index (χ0n) is 10.2. The second-order valence-corrected chi connectivity index (χ2v) is 4.98. The highest BCUT2D eigenvalue weighted by Crippen LogP contribution is 2.29. The molecule has 0 spiro atoms. The van der Waals surface area contributed by atoms with Gasteiger partial charge in [-0.15, -0.1) is 0 Å². The SMILES string of the molecule is Cc1ccc2c(c1)CCN2CC(N)(CO)CO. The van der Waals surface area contributed by atoms with Crippen molar-refractivity contribution in [3.8, 4) is 0 Å². The summed E-state index contributed by atoms with van der Waals surface area (Å²) in [6.07, 6.45) is 1.00. The Hall–Kier alpha value is -1.10. The van der Waals surface area contributed by atoms with Crippen LogP contribution in [0, 0.1) is 6.92 Å². The molecule has 0 unspecified atom stereocenters. The maximum absolute atomic E-state index is 9.23. The zero-order valence-corrected chi connectivity index (χ0v) is 10.2. The number of rotatable bonds is 4. The Kier molecular flexibility index (Phi) is 3.38.